The second kappa shape index (κ2) is 9.42. The fourth-order valence-electron chi connectivity index (χ4n) is 2.99. The SMILES string of the molecule is C[C@H](NS(=O)(=O)c1ccc(Cl)cc1)C(=O)N(C)Cc1cnn(Cc2ccccc2)c1. The van der Waals surface area contributed by atoms with Crippen molar-refractivity contribution in [1.29, 1.82) is 0 Å². The second-order valence-corrected chi connectivity index (χ2v) is 9.17. The Kier molecular flexibility index (Phi) is 6.91. The first-order chi connectivity index (χ1) is 14.2. The van der Waals surface area contributed by atoms with E-state index in [9.17, 15) is 13.2 Å². The predicted molar refractivity (Wildman–Crippen MR) is 115 cm³/mol. The van der Waals surface area contributed by atoms with Crippen molar-refractivity contribution in [2.75, 3.05) is 7.05 Å². The summed E-state index contributed by atoms with van der Waals surface area (Å²) >= 11 is 5.80. The van der Waals surface area contributed by atoms with E-state index in [-0.39, 0.29) is 10.8 Å². The van der Waals surface area contributed by atoms with Crippen LogP contribution >= 0.6 is 11.6 Å². The minimum atomic E-state index is -3.83. The molecule has 158 valence electrons. The van der Waals surface area contributed by atoms with Gasteiger partial charge >= 0.3 is 0 Å². The molecule has 0 radical (unpaired) electrons. The molecule has 0 spiro atoms. The molecule has 0 saturated carbocycles. The van der Waals surface area contributed by atoms with Crippen LogP contribution in [0.2, 0.25) is 5.02 Å². The van der Waals surface area contributed by atoms with Crippen molar-refractivity contribution in [1.82, 2.24) is 19.4 Å². The van der Waals surface area contributed by atoms with Crippen molar-refractivity contribution in [2.24, 2.45) is 0 Å². The number of rotatable bonds is 8. The molecule has 0 aliphatic rings. The van der Waals surface area contributed by atoms with Crippen molar-refractivity contribution in [3.8, 4) is 0 Å². The van der Waals surface area contributed by atoms with Gasteiger partial charge in [-0.05, 0) is 36.8 Å². The van der Waals surface area contributed by atoms with Gasteiger partial charge in [0.25, 0.3) is 0 Å². The molecule has 1 amide bonds. The molecular weight excluding hydrogens is 424 g/mol. The van der Waals surface area contributed by atoms with E-state index in [1.165, 1.54) is 36.1 Å². The summed E-state index contributed by atoms with van der Waals surface area (Å²) in [5.41, 5.74) is 1.98. The van der Waals surface area contributed by atoms with E-state index in [2.05, 4.69) is 9.82 Å². The third kappa shape index (κ3) is 5.69. The van der Waals surface area contributed by atoms with Crippen molar-refractivity contribution in [3.05, 3.63) is 83.1 Å². The van der Waals surface area contributed by atoms with Gasteiger partial charge in [-0.2, -0.15) is 9.82 Å². The van der Waals surface area contributed by atoms with Gasteiger partial charge in [-0.25, -0.2) is 8.42 Å². The zero-order valence-electron chi connectivity index (χ0n) is 16.7. The number of hydrogen-bond donors (Lipinski definition) is 1. The standard InChI is InChI=1S/C21H23ClN4O3S/c1-16(24-30(28,29)20-10-8-19(22)9-11-20)21(27)25(2)13-18-12-23-26(15-18)14-17-6-4-3-5-7-17/h3-12,15-16,24H,13-14H2,1-2H3/t16-/m0/s1. The first-order valence-electron chi connectivity index (χ1n) is 9.33. The van der Waals surface area contributed by atoms with Gasteiger partial charge in [0.2, 0.25) is 15.9 Å². The number of sulfonamides is 1. The number of likely N-dealkylation sites (N-methyl/N-ethyl adjacent to an activating group) is 1. The van der Waals surface area contributed by atoms with Crippen LogP contribution < -0.4 is 4.72 Å². The van der Waals surface area contributed by atoms with Crippen molar-refractivity contribution in [3.63, 3.8) is 0 Å². The average Bonchev–Trinajstić information content (AvgIpc) is 3.14. The Balaban J connectivity index is 1.59. The number of nitrogens with one attached hydrogen (secondary N) is 1. The van der Waals surface area contributed by atoms with E-state index in [0.717, 1.165) is 11.1 Å². The third-order valence-electron chi connectivity index (χ3n) is 4.50. The number of aromatic nitrogens is 2. The molecule has 0 unspecified atom stereocenters. The number of halogens is 1. The minimum absolute atomic E-state index is 0.0522. The lowest BCUT2D eigenvalue weighted by Gasteiger charge is -2.21. The van der Waals surface area contributed by atoms with Gasteiger partial charge in [0.05, 0.1) is 23.7 Å². The maximum atomic E-state index is 12.7. The summed E-state index contributed by atoms with van der Waals surface area (Å²) in [6.07, 6.45) is 3.58. The number of nitrogens with zero attached hydrogens (tertiary/aromatic N) is 3. The zero-order chi connectivity index (χ0) is 21.7. The number of benzene rings is 2. The molecule has 3 aromatic rings. The summed E-state index contributed by atoms with van der Waals surface area (Å²) < 4.78 is 29.2. The highest BCUT2D eigenvalue weighted by atomic mass is 35.5. The van der Waals surface area contributed by atoms with Gasteiger partial charge in [0, 0.05) is 30.4 Å². The van der Waals surface area contributed by atoms with Crippen molar-refractivity contribution >= 4 is 27.5 Å². The molecule has 0 bridgehead atoms. The van der Waals surface area contributed by atoms with E-state index < -0.39 is 16.1 Å². The first kappa shape index (κ1) is 22.0. The van der Waals surface area contributed by atoms with Gasteiger partial charge in [-0.1, -0.05) is 41.9 Å². The number of amides is 1. The van der Waals surface area contributed by atoms with Gasteiger partial charge in [-0.3, -0.25) is 9.48 Å². The van der Waals surface area contributed by atoms with Crippen LogP contribution in [0.15, 0.2) is 71.9 Å². The third-order valence-corrected chi connectivity index (χ3v) is 6.30. The predicted octanol–water partition coefficient (Wildman–Crippen LogP) is 2.91. The Bertz CT molecular complexity index is 1100. The fraction of sp³-hybridized carbons (Fsp3) is 0.238. The van der Waals surface area contributed by atoms with E-state index >= 15 is 0 Å². The van der Waals surface area contributed by atoms with E-state index in [1.54, 1.807) is 17.9 Å². The zero-order valence-corrected chi connectivity index (χ0v) is 18.3. The van der Waals surface area contributed by atoms with Crippen LogP contribution in [-0.4, -0.2) is 42.1 Å². The minimum Gasteiger partial charge on any atom is -0.340 e. The Morgan fingerprint density at radius 3 is 2.47 bits per heavy atom. The monoisotopic (exact) mass is 446 g/mol. The van der Waals surface area contributed by atoms with Crippen molar-refractivity contribution < 1.29 is 13.2 Å². The molecule has 7 nitrogen and oxygen atoms in total. The van der Waals surface area contributed by atoms with Crippen LogP contribution in [0.5, 0.6) is 0 Å². The summed E-state index contributed by atoms with van der Waals surface area (Å²) in [7, 11) is -2.20. The molecule has 9 heteroatoms. The van der Waals surface area contributed by atoms with Crippen LogP contribution in [0.1, 0.15) is 18.1 Å². The average molecular weight is 447 g/mol. The Morgan fingerprint density at radius 2 is 1.80 bits per heavy atom. The van der Waals surface area contributed by atoms with E-state index in [0.29, 0.717) is 18.1 Å². The summed E-state index contributed by atoms with van der Waals surface area (Å²) in [5, 5.41) is 4.77. The molecule has 1 atom stereocenters. The lowest BCUT2D eigenvalue weighted by molar-refractivity contribution is -0.131. The molecule has 2 aromatic carbocycles. The molecule has 0 aliphatic heterocycles. The topological polar surface area (TPSA) is 84.3 Å². The van der Waals surface area contributed by atoms with Gasteiger partial charge in [0.15, 0.2) is 0 Å². The fourth-order valence-corrected chi connectivity index (χ4v) is 4.32. The molecule has 0 aliphatic carbocycles. The van der Waals surface area contributed by atoms with Crippen LogP contribution in [-0.2, 0) is 27.9 Å². The van der Waals surface area contributed by atoms with Gasteiger partial charge in [0.1, 0.15) is 0 Å². The Hall–Kier alpha value is -2.68. The largest absolute Gasteiger partial charge is 0.340 e. The van der Waals surface area contributed by atoms with Gasteiger partial charge < -0.3 is 4.90 Å². The Labute approximate surface area is 181 Å². The second-order valence-electron chi connectivity index (χ2n) is 7.02. The lowest BCUT2D eigenvalue weighted by atomic mass is 10.2. The maximum Gasteiger partial charge on any atom is 0.241 e. The summed E-state index contributed by atoms with van der Waals surface area (Å²) in [4.78, 5) is 14.2. The molecule has 0 fully saturated rings. The molecule has 30 heavy (non-hydrogen) atoms. The normalized spacial score (nSPS) is 12.5. The first-order valence-corrected chi connectivity index (χ1v) is 11.2. The number of carbonyl (C=O) groups excluding carboxylic acids is 1. The van der Waals surface area contributed by atoms with E-state index in [1.807, 2.05) is 36.5 Å². The summed E-state index contributed by atoms with van der Waals surface area (Å²) in [6.45, 7) is 2.47. The number of carbonyl (C=O) groups is 1. The highest BCUT2D eigenvalue weighted by Crippen LogP contribution is 2.15. The maximum absolute atomic E-state index is 12.7. The molecule has 1 aromatic heterocycles. The Morgan fingerprint density at radius 1 is 1.13 bits per heavy atom. The summed E-state index contributed by atoms with van der Waals surface area (Å²) in [5.74, 6) is -0.344. The summed E-state index contributed by atoms with van der Waals surface area (Å²) in [6, 6.07) is 14.8. The lowest BCUT2D eigenvalue weighted by Crippen LogP contribution is -2.45. The van der Waals surface area contributed by atoms with Gasteiger partial charge in [-0.15, -0.1) is 0 Å². The van der Waals surface area contributed by atoms with Crippen LogP contribution in [0.4, 0.5) is 0 Å². The van der Waals surface area contributed by atoms with Crippen LogP contribution in [0, 0.1) is 0 Å². The molecule has 1 N–H and O–H groups in total. The van der Waals surface area contributed by atoms with Crippen LogP contribution in [0.25, 0.3) is 0 Å². The highest BCUT2D eigenvalue weighted by molar-refractivity contribution is 7.89. The molecular formula is C21H23ClN4O3S. The number of hydrogen-bond acceptors (Lipinski definition) is 4. The van der Waals surface area contributed by atoms with E-state index in [4.69, 9.17) is 11.6 Å². The molecule has 3 rings (SSSR count). The quantitative estimate of drug-likeness (QED) is 0.576. The highest BCUT2D eigenvalue weighted by Gasteiger charge is 2.24. The smallest absolute Gasteiger partial charge is 0.241 e. The molecule has 1 heterocycles. The van der Waals surface area contributed by atoms with Crippen molar-refractivity contribution in [2.45, 2.75) is 31.0 Å². The van der Waals surface area contributed by atoms with Crippen LogP contribution in [0.3, 0.4) is 0 Å². The molecule has 0 saturated heterocycles.